The molecule has 1 fully saturated rings. The summed E-state index contributed by atoms with van der Waals surface area (Å²) in [7, 11) is 0. The highest BCUT2D eigenvalue weighted by molar-refractivity contribution is 7.13. The van der Waals surface area contributed by atoms with Gasteiger partial charge in [0.05, 0.1) is 5.41 Å². The highest BCUT2D eigenvalue weighted by Crippen LogP contribution is 2.52. The number of fused-ring (bicyclic) bond motifs is 2. The van der Waals surface area contributed by atoms with Gasteiger partial charge in [-0.3, -0.25) is 4.79 Å². The first-order valence-corrected chi connectivity index (χ1v) is 11.0. The lowest BCUT2D eigenvalue weighted by molar-refractivity contribution is -0.124. The van der Waals surface area contributed by atoms with E-state index in [0.717, 1.165) is 35.8 Å². The summed E-state index contributed by atoms with van der Waals surface area (Å²) in [6.07, 6.45) is 2.37. The molecule has 0 aliphatic carbocycles. The van der Waals surface area contributed by atoms with Gasteiger partial charge in [-0.2, -0.15) is 4.98 Å². The summed E-state index contributed by atoms with van der Waals surface area (Å²) in [5.74, 6) is 1.94. The molecule has 2 aliphatic rings. The molecule has 0 saturated carbocycles. The number of rotatable bonds is 4. The molecule has 1 saturated heterocycles. The third kappa shape index (κ3) is 3.21. The highest BCUT2D eigenvalue weighted by Gasteiger charge is 2.44. The molecule has 1 aromatic carbocycles. The van der Waals surface area contributed by atoms with Gasteiger partial charge >= 0.3 is 0 Å². The Kier molecular flexibility index (Phi) is 4.66. The summed E-state index contributed by atoms with van der Waals surface area (Å²) < 4.78 is 6.20. The summed E-state index contributed by atoms with van der Waals surface area (Å²) in [5.41, 5.74) is 2.75. The van der Waals surface area contributed by atoms with E-state index in [1.807, 2.05) is 44.2 Å². The number of hydrogen-bond acceptors (Lipinski definition) is 7. The Bertz CT molecular complexity index is 1080. The number of nitrogens with zero attached hydrogens (tertiary/aromatic N) is 4. The largest absolute Gasteiger partial charge is 0.438 e. The van der Waals surface area contributed by atoms with Gasteiger partial charge in [-0.15, -0.1) is 10.2 Å². The minimum absolute atomic E-state index is 0.115. The summed E-state index contributed by atoms with van der Waals surface area (Å²) in [5, 5.41) is 11.2. The SMILES string of the molecule is CC(C)(C(=O)Nc1nncs1)C1c2ccccc2Oc2nc(N3CCCC3)ccc21. The Hall–Kier alpha value is -3.00. The number of carbonyl (C=O) groups is 1. The predicted molar refractivity (Wildman–Crippen MR) is 116 cm³/mol. The fourth-order valence-corrected chi connectivity index (χ4v) is 4.78. The van der Waals surface area contributed by atoms with Crippen molar-refractivity contribution in [3.05, 3.63) is 53.0 Å². The summed E-state index contributed by atoms with van der Waals surface area (Å²) >= 11 is 1.30. The van der Waals surface area contributed by atoms with E-state index in [2.05, 4.69) is 26.5 Å². The zero-order valence-electron chi connectivity index (χ0n) is 17.0. The van der Waals surface area contributed by atoms with Gasteiger partial charge in [-0.1, -0.05) is 43.4 Å². The summed E-state index contributed by atoms with van der Waals surface area (Å²) in [6, 6.07) is 12.0. The van der Waals surface area contributed by atoms with E-state index >= 15 is 0 Å². The van der Waals surface area contributed by atoms with Crippen molar-refractivity contribution >= 4 is 28.2 Å². The van der Waals surface area contributed by atoms with Crippen LogP contribution in [0.5, 0.6) is 11.6 Å². The molecule has 1 N–H and O–H groups in total. The number of nitrogens with one attached hydrogen (secondary N) is 1. The number of pyridine rings is 1. The molecule has 0 spiro atoms. The van der Waals surface area contributed by atoms with Crippen molar-refractivity contribution < 1.29 is 9.53 Å². The van der Waals surface area contributed by atoms with Crippen LogP contribution in [0.3, 0.4) is 0 Å². The summed E-state index contributed by atoms with van der Waals surface area (Å²) in [4.78, 5) is 20.4. The fraction of sp³-hybridized carbons (Fsp3) is 0.364. The monoisotopic (exact) mass is 421 g/mol. The first-order chi connectivity index (χ1) is 14.5. The van der Waals surface area contributed by atoms with Crippen molar-refractivity contribution in [2.24, 2.45) is 5.41 Å². The lowest BCUT2D eigenvalue weighted by Gasteiger charge is -2.37. The van der Waals surface area contributed by atoms with Crippen LogP contribution in [-0.4, -0.2) is 34.2 Å². The van der Waals surface area contributed by atoms with Gasteiger partial charge in [-0.25, -0.2) is 0 Å². The number of benzene rings is 1. The van der Waals surface area contributed by atoms with Crippen molar-refractivity contribution in [1.82, 2.24) is 15.2 Å². The second-order valence-corrected chi connectivity index (χ2v) is 9.08. The van der Waals surface area contributed by atoms with Crippen LogP contribution in [0.4, 0.5) is 10.9 Å². The normalized spacial score (nSPS) is 17.8. The minimum Gasteiger partial charge on any atom is -0.438 e. The van der Waals surface area contributed by atoms with Crippen LogP contribution in [0.25, 0.3) is 0 Å². The maximum absolute atomic E-state index is 13.3. The van der Waals surface area contributed by atoms with Gasteiger partial charge in [0.15, 0.2) is 0 Å². The van der Waals surface area contributed by atoms with E-state index in [1.165, 1.54) is 24.2 Å². The topological polar surface area (TPSA) is 80.2 Å². The molecule has 7 nitrogen and oxygen atoms in total. The lowest BCUT2D eigenvalue weighted by Crippen LogP contribution is -2.38. The maximum atomic E-state index is 13.3. The van der Waals surface area contributed by atoms with Crippen molar-refractivity contribution in [2.45, 2.75) is 32.6 Å². The molecule has 3 aromatic rings. The van der Waals surface area contributed by atoms with Crippen molar-refractivity contribution in [3.8, 4) is 11.6 Å². The second kappa shape index (κ2) is 7.36. The van der Waals surface area contributed by atoms with Gasteiger partial charge in [0, 0.05) is 30.1 Å². The zero-order chi connectivity index (χ0) is 20.7. The Morgan fingerprint density at radius 2 is 1.97 bits per heavy atom. The number of aromatic nitrogens is 3. The Morgan fingerprint density at radius 3 is 2.73 bits per heavy atom. The standard InChI is InChI=1S/C22H23N5O2S/c1-22(2,20(28)25-21-26-23-13-30-21)18-14-7-3-4-8-16(14)29-19-15(18)9-10-17(24-19)27-11-5-6-12-27/h3-4,7-10,13,18H,5-6,11-12H2,1-2H3,(H,25,26,28). The van der Waals surface area contributed by atoms with Gasteiger partial charge < -0.3 is 15.0 Å². The van der Waals surface area contributed by atoms with Crippen LogP contribution in [0.2, 0.25) is 0 Å². The molecule has 4 heterocycles. The van der Waals surface area contributed by atoms with Crippen LogP contribution in [0.1, 0.15) is 43.7 Å². The number of carbonyl (C=O) groups excluding carboxylic acids is 1. The van der Waals surface area contributed by atoms with Crippen LogP contribution in [0, 0.1) is 5.41 Å². The highest BCUT2D eigenvalue weighted by atomic mass is 32.1. The Balaban J connectivity index is 1.56. The molecule has 1 unspecified atom stereocenters. The number of anilines is 2. The molecule has 8 heteroatoms. The Morgan fingerprint density at radius 1 is 1.17 bits per heavy atom. The third-order valence-electron chi connectivity index (χ3n) is 5.94. The van der Waals surface area contributed by atoms with Crippen LogP contribution in [-0.2, 0) is 4.79 Å². The van der Waals surface area contributed by atoms with Crippen LogP contribution < -0.4 is 15.0 Å². The number of para-hydroxylation sites is 1. The second-order valence-electron chi connectivity index (χ2n) is 8.25. The van der Waals surface area contributed by atoms with E-state index in [1.54, 1.807) is 5.51 Å². The van der Waals surface area contributed by atoms with Crippen molar-refractivity contribution in [2.75, 3.05) is 23.3 Å². The maximum Gasteiger partial charge on any atom is 0.232 e. The molecular formula is C22H23N5O2S. The van der Waals surface area contributed by atoms with Gasteiger partial charge in [0.25, 0.3) is 0 Å². The fourth-order valence-electron chi connectivity index (χ4n) is 4.34. The molecule has 1 amide bonds. The molecular weight excluding hydrogens is 398 g/mol. The van der Waals surface area contributed by atoms with Crippen molar-refractivity contribution in [1.29, 1.82) is 0 Å². The molecule has 5 rings (SSSR count). The molecule has 2 aromatic heterocycles. The first kappa shape index (κ1) is 19.0. The average Bonchev–Trinajstić information content (AvgIpc) is 3.45. The summed E-state index contributed by atoms with van der Waals surface area (Å²) in [6.45, 7) is 5.94. The van der Waals surface area contributed by atoms with E-state index in [-0.39, 0.29) is 11.8 Å². The first-order valence-electron chi connectivity index (χ1n) is 10.1. The molecule has 30 heavy (non-hydrogen) atoms. The van der Waals surface area contributed by atoms with E-state index in [0.29, 0.717) is 11.0 Å². The van der Waals surface area contributed by atoms with E-state index in [4.69, 9.17) is 9.72 Å². The van der Waals surface area contributed by atoms with Gasteiger partial charge in [-0.05, 0) is 31.0 Å². The molecule has 2 aliphatic heterocycles. The quantitative estimate of drug-likeness (QED) is 0.671. The van der Waals surface area contributed by atoms with E-state index < -0.39 is 5.41 Å². The van der Waals surface area contributed by atoms with Gasteiger partial charge in [0.2, 0.25) is 16.9 Å². The smallest absolute Gasteiger partial charge is 0.232 e. The zero-order valence-corrected chi connectivity index (χ0v) is 17.8. The third-order valence-corrected chi connectivity index (χ3v) is 6.55. The Labute approximate surface area is 179 Å². The molecule has 154 valence electrons. The van der Waals surface area contributed by atoms with E-state index in [9.17, 15) is 4.79 Å². The van der Waals surface area contributed by atoms with Crippen LogP contribution >= 0.6 is 11.3 Å². The average molecular weight is 422 g/mol. The molecule has 0 bridgehead atoms. The lowest BCUT2D eigenvalue weighted by atomic mass is 9.70. The predicted octanol–water partition coefficient (Wildman–Crippen LogP) is 4.44. The minimum atomic E-state index is -0.767. The van der Waals surface area contributed by atoms with Crippen molar-refractivity contribution in [3.63, 3.8) is 0 Å². The van der Waals surface area contributed by atoms with Crippen LogP contribution in [0.15, 0.2) is 41.9 Å². The number of ether oxygens (including phenoxy) is 1. The molecule has 1 atom stereocenters. The van der Waals surface area contributed by atoms with Gasteiger partial charge in [0.1, 0.15) is 17.1 Å². The molecule has 0 radical (unpaired) electrons. The number of amides is 1. The number of hydrogen-bond donors (Lipinski definition) is 1.